The van der Waals surface area contributed by atoms with Gasteiger partial charge >= 0.3 is 5.97 Å². The first kappa shape index (κ1) is 11.0. The van der Waals surface area contributed by atoms with Gasteiger partial charge < -0.3 is 9.67 Å². The smallest absolute Gasteiger partial charge is 0.346 e. The fraction of sp³-hybridized carbons (Fsp3) is 0.0769. The van der Waals surface area contributed by atoms with Crippen molar-refractivity contribution in [3.8, 4) is 0 Å². The van der Waals surface area contributed by atoms with Gasteiger partial charge in [-0.3, -0.25) is 0 Å². The molecule has 3 aromatic rings. The zero-order valence-electron chi connectivity index (χ0n) is 9.41. The van der Waals surface area contributed by atoms with Crippen LogP contribution in [0.25, 0.3) is 11.0 Å². The second kappa shape index (κ2) is 4.27. The van der Waals surface area contributed by atoms with Crippen molar-refractivity contribution < 1.29 is 9.90 Å². The summed E-state index contributed by atoms with van der Waals surface area (Å²) < 4.78 is 1.96. The van der Waals surface area contributed by atoms with E-state index in [1.807, 2.05) is 34.9 Å². The van der Waals surface area contributed by atoms with Crippen molar-refractivity contribution in [3.05, 3.63) is 52.5 Å². The summed E-state index contributed by atoms with van der Waals surface area (Å²) in [6.07, 6.45) is 1.74. The molecule has 0 bridgehead atoms. The van der Waals surface area contributed by atoms with Crippen LogP contribution in [-0.4, -0.2) is 20.6 Å². The molecule has 90 valence electrons. The van der Waals surface area contributed by atoms with Crippen LogP contribution in [0.1, 0.15) is 15.2 Å². The molecule has 0 radical (unpaired) electrons. The molecule has 5 heteroatoms. The van der Waals surface area contributed by atoms with Crippen LogP contribution in [0.15, 0.2) is 42.0 Å². The topological polar surface area (TPSA) is 55.1 Å². The summed E-state index contributed by atoms with van der Waals surface area (Å²) in [7, 11) is 0. The maximum absolute atomic E-state index is 11.1. The lowest BCUT2D eigenvalue weighted by molar-refractivity contribution is 0.0701. The first-order valence-electron chi connectivity index (χ1n) is 5.45. The molecular weight excluding hydrogens is 248 g/mol. The Morgan fingerprint density at radius 2 is 2.17 bits per heavy atom. The van der Waals surface area contributed by atoms with Crippen LogP contribution in [0.5, 0.6) is 0 Å². The number of rotatable bonds is 3. The summed E-state index contributed by atoms with van der Waals surface area (Å²) in [6, 6.07) is 9.66. The number of imidazole rings is 1. The van der Waals surface area contributed by atoms with Gasteiger partial charge in [0.1, 0.15) is 4.88 Å². The average molecular weight is 258 g/mol. The summed E-state index contributed by atoms with van der Waals surface area (Å²) in [5, 5.41) is 10.9. The lowest BCUT2D eigenvalue weighted by Gasteiger charge is -2.03. The number of para-hydroxylation sites is 2. The molecular formula is C13H10N2O2S. The molecule has 1 aromatic carbocycles. The van der Waals surface area contributed by atoms with Gasteiger partial charge in [0.05, 0.1) is 23.9 Å². The summed E-state index contributed by atoms with van der Waals surface area (Å²) in [5.74, 6) is -0.871. The number of nitrogens with zero attached hydrogens (tertiary/aromatic N) is 2. The van der Waals surface area contributed by atoms with E-state index in [0.29, 0.717) is 11.4 Å². The zero-order valence-corrected chi connectivity index (χ0v) is 10.2. The van der Waals surface area contributed by atoms with Crippen LogP contribution in [-0.2, 0) is 6.54 Å². The van der Waals surface area contributed by atoms with E-state index in [0.717, 1.165) is 16.6 Å². The minimum absolute atomic E-state index is 0.396. The molecule has 1 N–H and O–H groups in total. The summed E-state index contributed by atoms with van der Waals surface area (Å²) in [6.45, 7) is 0.533. The number of aromatic nitrogens is 2. The Bertz CT molecular complexity index is 714. The third kappa shape index (κ3) is 1.78. The van der Waals surface area contributed by atoms with Crippen LogP contribution in [0.3, 0.4) is 0 Å². The number of hydrogen-bond donors (Lipinski definition) is 1. The average Bonchev–Trinajstić information content (AvgIpc) is 2.97. The fourth-order valence-electron chi connectivity index (χ4n) is 1.97. The van der Waals surface area contributed by atoms with Crippen LogP contribution in [0.4, 0.5) is 0 Å². The van der Waals surface area contributed by atoms with Gasteiger partial charge in [-0.1, -0.05) is 12.1 Å². The van der Waals surface area contributed by atoms with Gasteiger partial charge in [-0.15, -0.1) is 11.3 Å². The van der Waals surface area contributed by atoms with Crippen molar-refractivity contribution in [2.75, 3.05) is 0 Å². The molecule has 18 heavy (non-hydrogen) atoms. The first-order chi connectivity index (χ1) is 8.75. The molecule has 0 aliphatic rings. The van der Waals surface area contributed by atoms with Gasteiger partial charge in [0.2, 0.25) is 0 Å². The van der Waals surface area contributed by atoms with Crippen molar-refractivity contribution in [2.45, 2.75) is 6.54 Å². The number of benzene rings is 1. The van der Waals surface area contributed by atoms with E-state index in [-0.39, 0.29) is 0 Å². The number of carboxylic acids is 1. The minimum atomic E-state index is -0.871. The Morgan fingerprint density at radius 1 is 1.33 bits per heavy atom. The number of aromatic carboxylic acids is 1. The lowest BCUT2D eigenvalue weighted by atomic mass is 10.2. The first-order valence-corrected chi connectivity index (χ1v) is 6.33. The van der Waals surface area contributed by atoms with E-state index in [2.05, 4.69) is 4.98 Å². The van der Waals surface area contributed by atoms with E-state index in [1.54, 1.807) is 11.7 Å². The number of carboxylic acid groups (broad SMARTS) is 1. The van der Waals surface area contributed by atoms with Crippen molar-refractivity contribution >= 4 is 28.3 Å². The highest BCUT2D eigenvalue weighted by atomic mass is 32.1. The number of hydrogen-bond acceptors (Lipinski definition) is 3. The highest BCUT2D eigenvalue weighted by molar-refractivity contribution is 7.12. The van der Waals surface area contributed by atoms with Gasteiger partial charge in [0, 0.05) is 0 Å². The Morgan fingerprint density at radius 3 is 3.00 bits per heavy atom. The molecule has 0 unspecified atom stereocenters. The van der Waals surface area contributed by atoms with Crippen molar-refractivity contribution in [2.24, 2.45) is 0 Å². The highest BCUT2D eigenvalue weighted by Gasteiger charge is 2.12. The van der Waals surface area contributed by atoms with Gasteiger partial charge in [0.15, 0.2) is 0 Å². The van der Waals surface area contributed by atoms with E-state index in [1.165, 1.54) is 11.3 Å². The van der Waals surface area contributed by atoms with E-state index in [4.69, 9.17) is 5.11 Å². The zero-order chi connectivity index (χ0) is 12.5. The van der Waals surface area contributed by atoms with E-state index in [9.17, 15) is 4.79 Å². The largest absolute Gasteiger partial charge is 0.477 e. The van der Waals surface area contributed by atoms with Crippen LogP contribution in [0.2, 0.25) is 0 Å². The SMILES string of the molecule is O=C(O)c1sccc1Cn1cnc2ccccc21. The summed E-state index contributed by atoms with van der Waals surface area (Å²) in [4.78, 5) is 15.7. The molecule has 0 aliphatic carbocycles. The highest BCUT2D eigenvalue weighted by Crippen LogP contribution is 2.20. The predicted octanol–water partition coefficient (Wildman–Crippen LogP) is 2.84. The molecule has 0 saturated carbocycles. The number of carbonyl (C=O) groups is 1. The predicted molar refractivity (Wildman–Crippen MR) is 70.1 cm³/mol. The molecule has 3 rings (SSSR count). The third-order valence-electron chi connectivity index (χ3n) is 2.81. The third-order valence-corrected chi connectivity index (χ3v) is 3.75. The number of thiophene rings is 1. The van der Waals surface area contributed by atoms with E-state index < -0.39 is 5.97 Å². The maximum atomic E-state index is 11.1. The number of fused-ring (bicyclic) bond motifs is 1. The van der Waals surface area contributed by atoms with Gasteiger partial charge in [-0.05, 0) is 29.1 Å². The molecule has 2 aromatic heterocycles. The van der Waals surface area contributed by atoms with Crippen molar-refractivity contribution in [3.63, 3.8) is 0 Å². The Kier molecular flexibility index (Phi) is 2.60. The normalized spacial score (nSPS) is 10.9. The van der Waals surface area contributed by atoms with Crippen molar-refractivity contribution in [1.29, 1.82) is 0 Å². The van der Waals surface area contributed by atoms with Crippen LogP contribution < -0.4 is 0 Å². The molecule has 0 amide bonds. The molecule has 0 atom stereocenters. The van der Waals surface area contributed by atoms with Gasteiger partial charge in [-0.2, -0.15) is 0 Å². The monoisotopic (exact) mass is 258 g/mol. The minimum Gasteiger partial charge on any atom is -0.477 e. The second-order valence-corrected chi connectivity index (χ2v) is 4.86. The standard InChI is InChI=1S/C13H10N2O2S/c16-13(17)12-9(5-6-18-12)7-15-8-14-10-3-1-2-4-11(10)15/h1-6,8H,7H2,(H,16,17). The molecule has 0 spiro atoms. The van der Waals surface area contributed by atoms with Gasteiger partial charge in [0.25, 0.3) is 0 Å². The molecule has 0 fully saturated rings. The lowest BCUT2D eigenvalue weighted by Crippen LogP contribution is -2.03. The maximum Gasteiger partial charge on any atom is 0.346 e. The molecule has 4 nitrogen and oxygen atoms in total. The molecule has 0 aliphatic heterocycles. The van der Waals surface area contributed by atoms with Crippen LogP contribution >= 0.6 is 11.3 Å². The molecule has 2 heterocycles. The summed E-state index contributed by atoms with van der Waals surface area (Å²) >= 11 is 1.25. The Labute approximate surface area is 107 Å². The van der Waals surface area contributed by atoms with Crippen LogP contribution in [0, 0.1) is 0 Å². The Balaban J connectivity index is 2.02. The molecule has 0 saturated heterocycles. The summed E-state index contributed by atoms with van der Waals surface area (Å²) in [5.41, 5.74) is 2.75. The van der Waals surface area contributed by atoms with E-state index >= 15 is 0 Å². The Hall–Kier alpha value is -2.14. The second-order valence-electron chi connectivity index (χ2n) is 3.94. The quantitative estimate of drug-likeness (QED) is 0.786. The van der Waals surface area contributed by atoms with Crippen molar-refractivity contribution in [1.82, 2.24) is 9.55 Å². The van der Waals surface area contributed by atoms with Gasteiger partial charge in [-0.25, -0.2) is 9.78 Å². The fourth-order valence-corrected chi connectivity index (χ4v) is 2.72.